The van der Waals surface area contributed by atoms with Crippen LogP contribution in [0.4, 0.5) is 23.3 Å². The van der Waals surface area contributed by atoms with E-state index < -0.39 is 10.0 Å². The maximum absolute atomic E-state index is 11.9. The van der Waals surface area contributed by atoms with Crippen molar-refractivity contribution in [1.29, 1.82) is 0 Å². The molecule has 10 heteroatoms. The van der Waals surface area contributed by atoms with E-state index in [1.54, 1.807) is 36.4 Å². The number of Topliss-reactive ketones (excluding diaryl/α,β-unsaturated/α-hetero) is 1. The van der Waals surface area contributed by atoms with Gasteiger partial charge in [0, 0.05) is 16.9 Å². The van der Waals surface area contributed by atoms with Crippen molar-refractivity contribution in [3.8, 4) is 0 Å². The normalized spacial score (nSPS) is 11.1. The van der Waals surface area contributed by atoms with Gasteiger partial charge in [0.15, 0.2) is 5.78 Å². The largest absolute Gasteiger partial charge is 0.324 e. The quantitative estimate of drug-likeness (QED) is 0.518. The van der Waals surface area contributed by atoms with E-state index in [2.05, 4.69) is 30.3 Å². The molecule has 3 rings (SSSR count). The molecule has 0 spiro atoms. The second-order valence-corrected chi connectivity index (χ2v) is 7.64. The molecular formula is C18H18N6O3S. The van der Waals surface area contributed by atoms with Crippen LogP contribution >= 0.6 is 0 Å². The molecule has 0 aliphatic rings. The highest BCUT2D eigenvalue weighted by molar-refractivity contribution is 7.89. The Labute approximate surface area is 162 Å². The van der Waals surface area contributed by atoms with Crippen molar-refractivity contribution in [3.05, 3.63) is 60.4 Å². The van der Waals surface area contributed by atoms with Crippen molar-refractivity contribution in [1.82, 2.24) is 19.7 Å². The van der Waals surface area contributed by atoms with Crippen LogP contribution < -0.4 is 15.4 Å². The minimum atomic E-state index is -3.55. The predicted octanol–water partition coefficient (Wildman–Crippen LogP) is 2.47. The van der Waals surface area contributed by atoms with Gasteiger partial charge in [0.05, 0.1) is 4.90 Å². The summed E-state index contributed by atoms with van der Waals surface area (Å²) in [4.78, 5) is 23.8. The number of nitrogens with zero attached hydrogens (tertiary/aromatic N) is 3. The lowest BCUT2D eigenvalue weighted by Gasteiger charge is -2.09. The van der Waals surface area contributed by atoms with Gasteiger partial charge in [-0.05, 0) is 56.4 Å². The zero-order valence-corrected chi connectivity index (χ0v) is 16.0. The van der Waals surface area contributed by atoms with Crippen molar-refractivity contribution in [3.63, 3.8) is 0 Å². The summed E-state index contributed by atoms with van der Waals surface area (Å²) in [6, 6.07) is 13.2. The molecule has 0 saturated heterocycles. The first-order chi connectivity index (χ1) is 13.4. The van der Waals surface area contributed by atoms with Gasteiger partial charge in [0.2, 0.25) is 21.9 Å². The van der Waals surface area contributed by atoms with Crippen LogP contribution in [0, 0.1) is 0 Å². The Kier molecular flexibility index (Phi) is 5.62. The first kappa shape index (κ1) is 19.4. The van der Waals surface area contributed by atoms with Crippen LogP contribution in [0.1, 0.15) is 17.3 Å². The lowest BCUT2D eigenvalue weighted by atomic mass is 10.1. The molecule has 0 saturated carbocycles. The number of ketones is 1. The fourth-order valence-corrected chi connectivity index (χ4v) is 3.10. The monoisotopic (exact) mass is 398 g/mol. The molecule has 0 aliphatic heterocycles. The molecule has 0 fully saturated rings. The average Bonchev–Trinajstić information content (AvgIpc) is 2.69. The van der Waals surface area contributed by atoms with Crippen LogP contribution in [0.5, 0.6) is 0 Å². The lowest BCUT2D eigenvalue weighted by molar-refractivity contribution is 0.101. The van der Waals surface area contributed by atoms with Gasteiger partial charge in [-0.25, -0.2) is 23.1 Å². The van der Waals surface area contributed by atoms with E-state index in [9.17, 15) is 13.2 Å². The van der Waals surface area contributed by atoms with E-state index in [4.69, 9.17) is 0 Å². The molecule has 3 N–H and O–H groups in total. The number of sulfonamides is 1. The van der Waals surface area contributed by atoms with Crippen LogP contribution in [0.25, 0.3) is 0 Å². The molecule has 0 atom stereocenters. The van der Waals surface area contributed by atoms with Gasteiger partial charge in [-0.15, -0.1) is 0 Å². The van der Waals surface area contributed by atoms with Gasteiger partial charge in [-0.1, -0.05) is 6.07 Å². The Morgan fingerprint density at radius 1 is 0.929 bits per heavy atom. The SMILES string of the molecule is CNS(=O)(=O)c1cccc(Nc2ncnc(Nc3ccc(C(C)=O)cc3)n2)c1. The third kappa shape index (κ3) is 4.67. The Morgan fingerprint density at radius 3 is 2.18 bits per heavy atom. The summed E-state index contributed by atoms with van der Waals surface area (Å²) < 4.78 is 26.1. The highest BCUT2D eigenvalue weighted by Gasteiger charge is 2.12. The van der Waals surface area contributed by atoms with Gasteiger partial charge in [0.1, 0.15) is 6.33 Å². The number of aromatic nitrogens is 3. The summed E-state index contributed by atoms with van der Waals surface area (Å²) in [5, 5.41) is 5.97. The maximum Gasteiger partial charge on any atom is 0.240 e. The molecule has 0 amide bonds. The summed E-state index contributed by atoms with van der Waals surface area (Å²) in [5.41, 5.74) is 1.84. The summed E-state index contributed by atoms with van der Waals surface area (Å²) in [6.45, 7) is 1.50. The average molecular weight is 398 g/mol. The van der Waals surface area contributed by atoms with Crippen molar-refractivity contribution in [2.24, 2.45) is 0 Å². The standard InChI is InChI=1S/C18H18N6O3S/c1-12(25)13-6-8-14(9-7-13)22-17-20-11-21-18(24-17)23-15-4-3-5-16(10-15)28(26,27)19-2/h3-11,19H,1-2H3,(H2,20,21,22,23,24). The topological polar surface area (TPSA) is 126 Å². The number of rotatable bonds is 7. The van der Waals surface area contributed by atoms with Crippen LogP contribution in [-0.4, -0.2) is 36.2 Å². The Hall–Kier alpha value is -3.37. The minimum absolute atomic E-state index is 0.0132. The zero-order valence-electron chi connectivity index (χ0n) is 15.2. The second-order valence-electron chi connectivity index (χ2n) is 5.75. The molecule has 28 heavy (non-hydrogen) atoms. The molecular weight excluding hydrogens is 380 g/mol. The van der Waals surface area contributed by atoms with Crippen LogP contribution in [0.2, 0.25) is 0 Å². The van der Waals surface area contributed by atoms with E-state index in [-0.39, 0.29) is 16.6 Å². The van der Waals surface area contributed by atoms with Gasteiger partial charge >= 0.3 is 0 Å². The van der Waals surface area contributed by atoms with E-state index in [1.807, 2.05) is 0 Å². The third-order valence-electron chi connectivity index (χ3n) is 3.79. The number of anilines is 4. The fraction of sp³-hybridized carbons (Fsp3) is 0.111. The van der Waals surface area contributed by atoms with Crippen molar-refractivity contribution < 1.29 is 13.2 Å². The highest BCUT2D eigenvalue weighted by atomic mass is 32.2. The maximum atomic E-state index is 11.9. The Morgan fingerprint density at radius 2 is 1.57 bits per heavy atom. The van der Waals surface area contributed by atoms with Crippen LogP contribution in [0.15, 0.2) is 59.8 Å². The number of hydrogen-bond acceptors (Lipinski definition) is 8. The number of carbonyl (C=O) groups is 1. The Bertz CT molecular complexity index is 1100. The molecule has 9 nitrogen and oxygen atoms in total. The predicted molar refractivity (Wildman–Crippen MR) is 106 cm³/mol. The Balaban J connectivity index is 1.77. The summed E-state index contributed by atoms with van der Waals surface area (Å²) in [5.74, 6) is 0.532. The van der Waals surface area contributed by atoms with Crippen LogP contribution in [0.3, 0.4) is 0 Å². The number of carbonyl (C=O) groups excluding carboxylic acids is 1. The lowest BCUT2D eigenvalue weighted by Crippen LogP contribution is -2.18. The highest BCUT2D eigenvalue weighted by Crippen LogP contribution is 2.19. The van der Waals surface area contributed by atoms with Gasteiger partial charge < -0.3 is 10.6 Å². The molecule has 1 heterocycles. The molecule has 0 unspecified atom stereocenters. The molecule has 144 valence electrons. The molecule has 2 aromatic carbocycles. The summed E-state index contributed by atoms with van der Waals surface area (Å²) in [7, 11) is -2.20. The van der Waals surface area contributed by atoms with Gasteiger partial charge in [0.25, 0.3) is 0 Å². The number of nitrogens with one attached hydrogen (secondary N) is 3. The van der Waals surface area contributed by atoms with Crippen molar-refractivity contribution in [2.45, 2.75) is 11.8 Å². The van der Waals surface area contributed by atoms with Crippen molar-refractivity contribution >= 4 is 39.1 Å². The van der Waals surface area contributed by atoms with E-state index in [1.165, 1.54) is 32.4 Å². The zero-order chi connectivity index (χ0) is 20.1. The molecule has 0 aliphatic carbocycles. The summed E-state index contributed by atoms with van der Waals surface area (Å²) >= 11 is 0. The smallest absolute Gasteiger partial charge is 0.240 e. The first-order valence-corrected chi connectivity index (χ1v) is 9.73. The third-order valence-corrected chi connectivity index (χ3v) is 5.20. The fourth-order valence-electron chi connectivity index (χ4n) is 2.32. The van der Waals surface area contributed by atoms with E-state index >= 15 is 0 Å². The first-order valence-electron chi connectivity index (χ1n) is 8.25. The van der Waals surface area contributed by atoms with Gasteiger partial charge in [-0.2, -0.15) is 4.98 Å². The number of hydrogen-bond donors (Lipinski definition) is 3. The van der Waals surface area contributed by atoms with E-state index in [0.29, 0.717) is 22.9 Å². The van der Waals surface area contributed by atoms with Crippen LogP contribution in [-0.2, 0) is 10.0 Å². The minimum Gasteiger partial charge on any atom is -0.324 e. The molecule has 0 radical (unpaired) electrons. The molecule has 3 aromatic rings. The molecule has 0 bridgehead atoms. The van der Waals surface area contributed by atoms with Gasteiger partial charge in [-0.3, -0.25) is 4.79 Å². The second kappa shape index (κ2) is 8.11. The molecule has 1 aromatic heterocycles. The van der Waals surface area contributed by atoms with E-state index in [0.717, 1.165) is 0 Å². The van der Waals surface area contributed by atoms with Crippen molar-refractivity contribution in [2.75, 3.05) is 17.7 Å². The number of benzene rings is 2. The summed E-state index contributed by atoms with van der Waals surface area (Å²) in [6.07, 6.45) is 1.33.